The zero-order valence-electron chi connectivity index (χ0n) is 21.1. The van der Waals surface area contributed by atoms with E-state index in [1.165, 1.54) is 17.0 Å². The molecule has 1 aromatic heterocycles. The van der Waals surface area contributed by atoms with Crippen molar-refractivity contribution in [2.75, 3.05) is 23.7 Å². The van der Waals surface area contributed by atoms with Crippen LogP contribution in [0.2, 0.25) is 0 Å². The van der Waals surface area contributed by atoms with Crippen LogP contribution in [-0.4, -0.2) is 39.7 Å². The molecule has 0 saturated heterocycles. The number of anilines is 2. The molecular weight excluding hydrogens is 445 g/mol. The van der Waals surface area contributed by atoms with Crippen LogP contribution in [0.4, 0.5) is 20.7 Å². The van der Waals surface area contributed by atoms with Gasteiger partial charge in [0.15, 0.2) is 0 Å². The largest absolute Gasteiger partial charge is 0.322 e. The quantitative estimate of drug-likeness (QED) is 0.423. The predicted octanol–water partition coefficient (Wildman–Crippen LogP) is 5.89. The van der Waals surface area contributed by atoms with Crippen molar-refractivity contribution in [1.29, 1.82) is 0 Å². The molecule has 0 aliphatic heterocycles. The van der Waals surface area contributed by atoms with Crippen molar-refractivity contribution in [3.63, 3.8) is 0 Å². The van der Waals surface area contributed by atoms with Gasteiger partial charge in [-0.1, -0.05) is 58.4 Å². The number of aromatic nitrogens is 2. The van der Waals surface area contributed by atoms with Crippen LogP contribution in [0.25, 0.3) is 5.69 Å². The molecule has 7 nitrogen and oxygen atoms in total. The number of rotatable bonds is 8. The smallest absolute Gasteiger partial charge is 0.315 e. The van der Waals surface area contributed by atoms with E-state index in [4.69, 9.17) is 5.10 Å². The third-order valence-electron chi connectivity index (χ3n) is 5.51. The standard InChI is InChI=1S/C27H34FN5O2/c1-6-7-15-32(26(35)29-22-14-9-8-13-21(22)28)18-25(34)30-24-17-23(27(3,4)5)31-33(24)20-12-10-11-19(2)16-20/h8-14,16-17H,6-7,15,18H2,1-5H3,(H,29,35)(H,30,34). The van der Waals surface area contributed by atoms with E-state index in [0.717, 1.165) is 23.4 Å². The van der Waals surface area contributed by atoms with Gasteiger partial charge in [-0.2, -0.15) is 5.10 Å². The Balaban J connectivity index is 1.82. The van der Waals surface area contributed by atoms with Crippen molar-refractivity contribution < 1.29 is 14.0 Å². The molecule has 0 fully saturated rings. The zero-order chi connectivity index (χ0) is 25.6. The first-order valence-corrected chi connectivity index (χ1v) is 11.9. The summed E-state index contributed by atoms with van der Waals surface area (Å²) >= 11 is 0. The van der Waals surface area contributed by atoms with Crippen molar-refractivity contribution in [3.05, 3.63) is 71.7 Å². The van der Waals surface area contributed by atoms with Crippen LogP contribution in [0.1, 0.15) is 51.8 Å². The molecule has 186 valence electrons. The van der Waals surface area contributed by atoms with E-state index >= 15 is 0 Å². The van der Waals surface area contributed by atoms with Crippen molar-refractivity contribution in [2.45, 2.75) is 52.9 Å². The molecule has 8 heteroatoms. The Kier molecular flexibility index (Phi) is 8.27. The van der Waals surface area contributed by atoms with Gasteiger partial charge in [0.2, 0.25) is 5.91 Å². The Labute approximate surface area is 206 Å². The van der Waals surface area contributed by atoms with E-state index in [9.17, 15) is 14.0 Å². The van der Waals surface area contributed by atoms with E-state index in [1.54, 1.807) is 16.8 Å². The maximum atomic E-state index is 14.0. The Hall–Kier alpha value is -3.68. The molecule has 0 spiro atoms. The third kappa shape index (κ3) is 6.91. The van der Waals surface area contributed by atoms with Crippen molar-refractivity contribution in [3.8, 4) is 5.69 Å². The van der Waals surface area contributed by atoms with Crippen LogP contribution in [-0.2, 0) is 10.2 Å². The Morgan fingerprint density at radius 1 is 1.06 bits per heavy atom. The summed E-state index contributed by atoms with van der Waals surface area (Å²) in [6.45, 7) is 10.4. The number of carbonyl (C=O) groups is 2. The van der Waals surface area contributed by atoms with Crippen molar-refractivity contribution in [2.24, 2.45) is 0 Å². The molecule has 1 heterocycles. The number of hydrogen-bond donors (Lipinski definition) is 2. The fourth-order valence-corrected chi connectivity index (χ4v) is 3.51. The molecule has 35 heavy (non-hydrogen) atoms. The highest BCUT2D eigenvalue weighted by atomic mass is 19.1. The number of nitrogens with zero attached hydrogens (tertiary/aromatic N) is 3. The molecule has 0 unspecified atom stereocenters. The summed E-state index contributed by atoms with van der Waals surface area (Å²) in [4.78, 5) is 27.3. The summed E-state index contributed by atoms with van der Waals surface area (Å²) < 4.78 is 15.7. The molecule has 3 aromatic rings. The third-order valence-corrected chi connectivity index (χ3v) is 5.51. The lowest BCUT2D eigenvalue weighted by Crippen LogP contribution is -2.41. The topological polar surface area (TPSA) is 79.3 Å². The second-order valence-electron chi connectivity index (χ2n) is 9.65. The summed E-state index contributed by atoms with van der Waals surface area (Å²) in [5.74, 6) is -0.368. The fourth-order valence-electron chi connectivity index (χ4n) is 3.51. The van der Waals surface area contributed by atoms with E-state index in [2.05, 4.69) is 31.4 Å². The predicted molar refractivity (Wildman–Crippen MR) is 138 cm³/mol. The first-order chi connectivity index (χ1) is 16.6. The molecule has 0 aliphatic rings. The number of amides is 3. The van der Waals surface area contributed by atoms with Gasteiger partial charge in [0.1, 0.15) is 18.2 Å². The van der Waals surface area contributed by atoms with Crippen LogP contribution in [0.15, 0.2) is 54.6 Å². The first-order valence-electron chi connectivity index (χ1n) is 11.9. The van der Waals surface area contributed by atoms with E-state index in [1.807, 2.05) is 44.2 Å². The number of aryl methyl sites for hydroxylation is 1. The number of urea groups is 1. The lowest BCUT2D eigenvalue weighted by Gasteiger charge is -2.22. The molecular formula is C27H34FN5O2. The minimum atomic E-state index is -0.530. The lowest BCUT2D eigenvalue weighted by atomic mass is 9.92. The van der Waals surface area contributed by atoms with Gasteiger partial charge in [-0.3, -0.25) is 4.79 Å². The molecule has 2 aromatic carbocycles. The van der Waals surface area contributed by atoms with Gasteiger partial charge >= 0.3 is 6.03 Å². The molecule has 0 aliphatic carbocycles. The molecule has 0 saturated carbocycles. The fraction of sp³-hybridized carbons (Fsp3) is 0.370. The first kappa shape index (κ1) is 25.9. The highest BCUT2D eigenvalue weighted by Gasteiger charge is 2.23. The Morgan fingerprint density at radius 2 is 1.80 bits per heavy atom. The highest BCUT2D eigenvalue weighted by Crippen LogP contribution is 2.26. The van der Waals surface area contributed by atoms with Gasteiger partial charge < -0.3 is 15.5 Å². The Bertz CT molecular complexity index is 1180. The molecule has 3 rings (SSSR count). The minimum absolute atomic E-state index is 0.0757. The average Bonchev–Trinajstić information content (AvgIpc) is 3.22. The highest BCUT2D eigenvalue weighted by molar-refractivity contribution is 5.96. The minimum Gasteiger partial charge on any atom is -0.315 e. The summed E-state index contributed by atoms with van der Waals surface area (Å²) in [5, 5.41) is 10.2. The SMILES string of the molecule is CCCCN(CC(=O)Nc1cc(C(C)(C)C)nn1-c1cccc(C)c1)C(=O)Nc1ccccc1F. The van der Waals surface area contributed by atoms with E-state index in [-0.39, 0.29) is 23.6 Å². The number of carbonyl (C=O) groups excluding carboxylic acids is 2. The Morgan fingerprint density at radius 3 is 2.46 bits per heavy atom. The number of nitrogens with one attached hydrogen (secondary N) is 2. The van der Waals surface area contributed by atoms with Gasteiger partial charge in [0, 0.05) is 18.0 Å². The monoisotopic (exact) mass is 479 g/mol. The van der Waals surface area contributed by atoms with Crippen molar-refractivity contribution >= 4 is 23.4 Å². The molecule has 0 bridgehead atoms. The van der Waals surface area contributed by atoms with E-state index < -0.39 is 11.8 Å². The molecule has 3 amide bonds. The maximum Gasteiger partial charge on any atom is 0.322 e. The zero-order valence-corrected chi connectivity index (χ0v) is 21.1. The van der Waals surface area contributed by atoms with Crippen LogP contribution >= 0.6 is 0 Å². The summed E-state index contributed by atoms with van der Waals surface area (Å²) in [5.41, 5.74) is 2.58. The number of hydrogen-bond acceptors (Lipinski definition) is 3. The number of para-hydroxylation sites is 1. The number of halogens is 1. The van der Waals surface area contributed by atoms with Gasteiger partial charge in [0.05, 0.1) is 17.1 Å². The van der Waals surface area contributed by atoms with Crippen LogP contribution in [0, 0.1) is 12.7 Å². The van der Waals surface area contributed by atoms with Crippen LogP contribution in [0.5, 0.6) is 0 Å². The van der Waals surface area contributed by atoms with Crippen LogP contribution < -0.4 is 10.6 Å². The van der Waals surface area contributed by atoms with Crippen molar-refractivity contribution in [1.82, 2.24) is 14.7 Å². The van der Waals surface area contributed by atoms with Crippen LogP contribution in [0.3, 0.4) is 0 Å². The molecule has 0 atom stereocenters. The lowest BCUT2D eigenvalue weighted by molar-refractivity contribution is -0.116. The molecule has 0 radical (unpaired) electrons. The summed E-state index contributed by atoms with van der Waals surface area (Å²) in [7, 11) is 0. The van der Waals surface area contributed by atoms with Gasteiger partial charge in [-0.05, 0) is 43.2 Å². The maximum absolute atomic E-state index is 14.0. The normalized spacial score (nSPS) is 11.3. The molecule has 2 N–H and O–H groups in total. The number of benzene rings is 2. The van der Waals surface area contributed by atoms with Gasteiger partial charge in [-0.25, -0.2) is 13.9 Å². The van der Waals surface area contributed by atoms with Gasteiger partial charge in [0.25, 0.3) is 0 Å². The second-order valence-corrected chi connectivity index (χ2v) is 9.65. The summed E-state index contributed by atoms with van der Waals surface area (Å²) in [6.07, 6.45) is 1.56. The number of unbranched alkanes of at least 4 members (excludes halogenated alkanes) is 1. The van der Waals surface area contributed by atoms with E-state index in [0.29, 0.717) is 18.8 Å². The average molecular weight is 480 g/mol. The second kappa shape index (κ2) is 11.2. The summed E-state index contributed by atoms with van der Waals surface area (Å²) in [6, 6.07) is 15.1. The van der Waals surface area contributed by atoms with Gasteiger partial charge in [-0.15, -0.1) is 0 Å².